The van der Waals surface area contributed by atoms with Crippen molar-refractivity contribution in [3.8, 4) is 0 Å². The van der Waals surface area contributed by atoms with Crippen molar-refractivity contribution < 1.29 is 9.90 Å². The van der Waals surface area contributed by atoms with Crippen LogP contribution >= 0.6 is 11.6 Å². The maximum atomic E-state index is 11.6. The summed E-state index contributed by atoms with van der Waals surface area (Å²) in [6.07, 6.45) is 4.89. The topological polar surface area (TPSA) is 67.2 Å². The molecular weight excluding hydrogens is 278 g/mol. The van der Waals surface area contributed by atoms with Crippen LogP contribution in [0.5, 0.6) is 0 Å². The average molecular weight is 300 g/mol. The van der Waals surface area contributed by atoms with Crippen molar-refractivity contribution in [3.63, 3.8) is 0 Å². The lowest BCUT2D eigenvalue weighted by molar-refractivity contribution is -0.116. The first-order valence-corrected chi connectivity index (χ1v) is 7.09. The second kappa shape index (κ2) is 8.07. The fraction of sp³-hybridized carbons (Fsp3) is 0.571. The van der Waals surface area contributed by atoms with Crippen LogP contribution in [0.15, 0.2) is 6.08 Å². The minimum Gasteiger partial charge on any atom is -0.396 e. The number of carbonyl (C=O) groups is 1. The van der Waals surface area contributed by atoms with E-state index in [1.54, 1.807) is 17.8 Å². The molecule has 0 aromatic carbocycles. The smallest absolute Gasteiger partial charge is 0.244 e. The van der Waals surface area contributed by atoms with Gasteiger partial charge < -0.3 is 10.4 Å². The molecule has 1 unspecified atom stereocenters. The third-order valence-electron chi connectivity index (χ3n) is 3.08. The quantitative estimate of drug-likeness (QED) is 0.597. The standard InChI is InChI=1S/C14H22ClN3O2/c1-10(9-19)5-4-8-16-13(20)7-6-12-11(2)17-18(3)14(12)15/h6-7,10,19H,4-5,8-9H2,1-3H3,(H,16,20)/b7-6+. The largest absolute Gasteiger partial charge is 0.396 e. The van der Waals surface area contributed by atoms with Crippen LogP contribution in [0.4, 0.5) is 0 Å². The van der Waals surface area contributed by atoms with E-state index in [2.05, 4.69) is 10.4 Å². The number of carbonyl (C=O) groups excluding carboxylic acids is 1. The number of aliphatic hydroxyl groups is 1. The van der Waals surface area contributed by atoms with Crippen LogP contribution in [0.25, 0.3) is 6.08 Å². The minimum absolute atomic E-state index is 0.152. The second-order valence-electron chi connectivity index (χ2n) is 4.97. The Labute approximate surface area is 124 Å². The fourth-order valence-electron chi connectivity index (χ4n) is 1.81. The Kier molecular flexibility index (Phi) is 6.75. The summed E-state index contributed by atoms with van der Waals surface area (Å²) in [5.74, 6) is 0.125. The van der Waals surface area contributed by atoms with E-state index in [1.165, 1.54) is 6.08 Å². The summed E-state index contributed by atoms with van der Waals surface area (Å²) >= 11 is 6.07. The molecule has 1 heterocycles. The molecule has 1 atom stereocenters. The number of hydrogen-bond donors (Lipinski definition) is 2. The van der Waals surface area contributed by atoms with Crippen molar-refractivity contribution in [2.75, 3.05) is 13.2 Å². The Morgan fingerprint density at radius 1 is 1.60 bits per heavy atom. The zero-order valence-corrected chi connectivity index (χ0v) is 12.9. The maximum absolute atomic E-state index is 11.6. The van der Waals surface area contributed by atoms with Gasteiger partial charge >= 0.3 is 0 Å². The first-order valence-electron chi connectivity index (χ1n) is 6.71. The number of rotatable bonds is 7. The zero-order chi connectivity index (χ0) is 15.1. The van der Waals surface area contributed by atoms with Crippen LogP contribution in [0.1, 0.15) is 31.0 Å². The van der Waals surface area contributed by atoms with Gasteiger partial charge in [-0.15, -0.1) is 0 Å². The van der Waals surface area contributed by atoms with Gasteiger partial charge in [-0.05, 0) is 31.8 Å². The predicted octanol–water partition coefficient (Wildman–Crippen LogP) is 1.92. The molecule has 1 aromatic heterocycles. The zero-order valence-electron chi connectivity index (χ0n) is 12.2. The summed E-state index contributed by atoms with van der Waals surface area (Å²) in [6, 6.07) is 0. The Hall–Kier alpha value is -1.33. The number of nitrogens with one attached hydrogen (secondary N) is 1. The Bertz CT molecular complexity index is 483. The molecular formula is C14H22ClN3O2. The Morgan fingerprint density at radius 2 is 2.30 bits per heavy atom. The molecule has 0 aliphatic carbocycles. The van der Waals surface area contributed by atoms with E-state index in [4.69, 9.17) is 16.7 Å². The lowest BCUT2D eigenvalue weighted by atomic mass is 10.1. The number of amides is 1. The van der Waals surface area contributed by atoms with Crippen molar-refractivity contribution in [2.24, 2.45) is 13.0 Å². The van der Waals surface area contributed by atoms with Crippen LogP contribution in [-0.4, -0.2) is 33.9 Å². The molecule has 6 heteroatoms. The lowest BCUT2D eigenvalue weighted by Gasteiger charge is -2.07. The van der Waals surface area contributed by atoms with E-state index in [0.717, 1.165) is 24.1 Å². The molecule has 1 aromatic rings. The summed E-state index contributed by atoms with van der Waals surface area (Å²) in [7, 11) is 1.76. The summed E-state index contributed by atoms with van der Waals surface area (Å²) in [5, 5.41) is 16.4. The molecule has 20 heavy (non-hydrogen) atoms. The predicted molar refractivity (Wildman–Crippen MR) is 80.5 cm³/mol. The monoisotopic (exact) mass is 299 g/mol. The summed E-state index contributed by atoms with van der Waals surface area (Å²) in [5.41, 5.74) is 1.55. The second-order valence-corrected chi connectivity index (χ2v) is 5.33. The first-order chi connectivity index (χ1) is 9.45. The van der Waals surface area contributed by atoms with Gasteiger partial charge in [-0.25, -0.2) is 0 Å². The molecule has 0 saturated heterocycles. The van der Waals surface area contributed by atoms with Crippen LogP contribution in [-0.2, 0) is 11.8 Å². The summed E-state index contributed by atoms with van der Waals surface area (Å²) in [4.78, 5) is 11.6. The van der Waals surface area contributed by atoms with Crippen LogP contribution < -0.4 is 5.32 Å². The molecule has 0 aliphatic rings. The number of aryl methyl sites for hydroxylation is 2. The van der Waals surface area contributed by atoms with Crippen molar-refractivity contribution >= 4 is 23.6 Å². The van der Waals surface area contributed by atoms with E-state index >= 15 is 0 Å². The molecule has 5 nitrogen and oxygen atoms in total. The molecule has 0 aliphatic heterocycles. The molecule has 0 bridgehead atoms. The van der Waals surface area contributed by atoms with Crippen LogP contribution in [0, 0.1) is 12.8 Å². The minimum atomic E-state index is -0.152. The third-order valence-corrected chi connectivity index (χ3v) is 3.53. The van der Waals surface area contributed by atoms with Gasteiger partial charge in [-0.3, -0.25) is 9.48 Å². The van der Waals surface area contributed by atoms with E-state index in [0.29, 0.717) is 11.7 Å². The number of nitrogens with zero attached hydrogens (tertiary/aromatic N) is 2. The maximum Gasteiger partial charge on any atom is 0.244 e. The summed E-state index contributed by atoms with van der Waals surface area (Å²) < 4.78 is 1.57. The number of hydrogen-bond acceptors (Lipinski definition) is 3. The van der Waals surface area contributed by atoms with Gasteiger partial charge in [0.2, 0.25) is 5.91 Å². The van der Waals surface area contributed by atoms with Crippen LogP contribution in [0.2, 0.25) is 5.15 Å². The molecule has 2 N–H and O–H groups in total. The highest BCUT2D eigenvalue weighted by molar-refractivity contribution is 6.31. The van der Waals surface area contributed by atoms with Gasteiger partial charge in [0, 0.05) is 31.8 Å². The Morgan fingerprint density at radius 3 is 2.85 bits per heavy atom. The fourth-order valence-corrected chi connectivity index (χ4v) is 2.04. The van der Waals surface area contributed by atoms with Gasteiger partial charge in [0.15, 0.2) is 0 Å². The lowest BCUT2D eigenvalue weighted by Crippen LogP contribution is -2.22. The van der Waals surface area contributed by atoms with Gasteiger partial charge in [0.05, 0.1) is 5.69 Å². The SMILES string of the molecule is Cc1nn(C)c(Cl)c1/C=C/C(=O)NCCCC(C)CO. The molecule has 112 valence electrons. The molecule has 0 radical (unpaired) electrons. The van der Waals surface area contributed by atoms with Crippen molar-refractivity contribution in [1.29, 1.82) is 0 Å². The number of aromatic nitrogens is 2. The average Bonchev–Trinajstić information content (AvgIpc) is 2.66. The highest BCUT2D eigenvalue weighted by Crippen LogP contribution is 2.19. The van der Waals surface area contributed by atoms with E-state index in [1.807, 2.05) is 13.8 Å². The highest BCUT2D eigenvalue weighted by Gasteiger charge is 2.08. The van der Waals surface area contributed by atoms with Gasteiger partial charge in [0.25, 0.3) is 0 Å². The Balaban J connectivity index is 2.40. The molecule has 1 rings (SSSR count). The van der Waals surface area contributed by atoms with Gasteiger partial charge in [-0.1, -0.05) is 18.5 Å². The van der Waals surface area contributed by atoms with Crippen molar-refractivity contribution in [2.45, 2.75) is 26.7 Å². The molecule has 0 fully saturated rings. The highest BCUT2D eigenvalue weighted by atomic mass is 35.5. The number of halogens is 1. The number of aliphatic hydroxyl groups excluding tert-OH is 1. The van der Waals surface area contributed by atoms with Crippen molar-refractivity contribution in [3.05, 3.63) is 22.5 Å². The van der Waals surface area contributed by atoms with E-state index in [9.17, 15) is 4.79 Å². The van der Waals surface area contributed by atoms with Gasteiger partial charge in [0.1, 0.15) is 5.15 Å². The molecule has 0 saturated carbocycles. The van der Waals surface area contributed by atoms with E-state index in [-0.39, 0.29) is 18.4 Å². The normalized spacial score (nSPS) is 12.8. The van der Waals surface area contributed by atoms with Crippen LogP contribution in [0.3, 0.4) is 0 Å². The van der Waals surface area contributed by atoms with Crippen molar-refractivity contribution in [1.82, 2.24) is 15.1 Å². The van der Waals surface area contributed by atoms with Gasteiger partial charge in [-0.2, -0.15) is 5.10 Å². The summed E-state index contributed by atoms with van der Waals surface area (Å²) in [6.45, 7) is 4.62. The first kappa shape index (κ1) is 16.7. The third kappa shape index (κ3) is 4.98. The molecule has 1 amide bonds. The van der Waals surface area contributed by atoms with E-state index < -0.39 is 0 Å². The molecule has 0 spiro atoms.